The SMILES string of the molecule is CCOCCOCCOc1ccc(C[C@H](NC(=O)OC(C)(C)C)C(=O)OC)nc1. The summed E-state index contributed by atoms with van der Waals surface area (Å²) in [4.78, 5) is 28.2. The highest BCUT2D eigenvalue weighted by Gasteiger charge is 2.25. The van der Waals surface area contributed by atoms with E-state index in [1.807, 2.05) is 6.92 Å². The third-order valence-electron chi connectivity index (χ3n) is 3.46. The minimum absolute atomic E-state index is 0.159. The van der Waals surface area contributed by atoms with Gasteiger partial charge in [-0.1, -0.05) is 0 Å². The predicted molar refractivity (Wildman–Crippen MR) is 106 cm³/mol. The zero-order chi connectivity index (χ0) is 21.7. The number of hydrogen-bond acceptors (Lipinski definition) is 8. The van der Waals surface area contributed by atoms with Gasteiger partial charge in [0, 0.05) is 18.7 Å². The number of hydrogen-bond donors (Lipinski definition) is 1. The van der Waals surface area contributed by atoms with E-state index in [2.05, 4.69) is 10.3 Å². The molecular formula is C20H32N2O7. The minimum Gasteiger partial charge on any atom is -0.490 e. The Morgan fingerprint density at radius 1 is 1.10 bits per heavy atom. The number of rotatable bonds is 12. The largest absolute Gasteiger partial charge is 0.490 e. The highest BCUT2D eigenvalue weighted by Crippen LogP contribution is 2.12. The predicted octanol–water partition coefficient (Wildman–Crippen LogP) is 2.12. The molecule has 1 heterocycles. The molecule has 0 fully saturated rings. The van der Waals surface area contributed by atoms with E-state index in [1.165, 1.54) is 7.11 Å². The van der Waals surface area contributed by atoms with E-state index >= 15 is 0 Å². The molecule has 0 saturated heterocycles. The number of methoxy groups -OCH3 is 1. The van der Waals surface area contributed by atoms with Crippen LogP contribution in [0.1, 0.15) is 33.4 Å². The van der Waals surface area contributed by atoms with Crippen LogP contribution in [-0.4, -0.2) is 68.8 Å². The van der Waals surface area contributed by atoms with Crippen molar-refractivity contribution in [3.05, 3.63) is 24.0 Å². The van der Waals surface area contributed by atoms with Crippen LogP contribution in [-0.2, 0) is 30.2 Å². The Balaban J connectivity index is 2.50. The summed E-state index contributed by atoms with van der Waals surface area (Å²) in [7, 11) is 1.26. The van der Waals surface area contributed by atoms with Crippen LogP contribution in [0.2, 0.25) is 0 Å². The first-order valence-corrected chi connectivity index (χ1v) is 9.55. The lowest BCUT2D eigenvalue weighted by atomic mass is 10.1. The maximum absolute atomic E-state index is 12.0. The van der Waals surface area contributed by atoms with Gasteiger partial charge in [-0.05, 0) is 39.8 Å². The molecule has 0 aliphatic carbocycles. The smallest absolute Gasteiger partial charge is 0.408 e. The Labute approximate surface area is 172 Å². The molecule has 0 bridgehead atoms. The normalized spacial score (nSPS) is 12.2. The van der Waals surface area contributed by atoms with Gasteiger partial charge >= 0.3 is 12.1 Å². The molecule has 1 rings (SSSR count). The van der Waals surface area contributed by atoms with Crippen LogP contribution >= 0.6 is 0 Å². The lowest BCUT2D eigenvalue weighted by molar-refractivity contribution is -0.143. The maximum atomic E-state index is 12.0. The van der Waals surface area contributed by atoms with Gasteiger partial charge in [-0.15, -0.1) is 0 Å². The van der Waals surface area contributed by atoms with Crippen molar-refractivity contribution in [2.24, 2.45) is 0 Å². The van der Waals surface area contributed by atoms with Gasteiger partial charge < -0.3 is 29.0 Å². The number of aromatic nitrogens is 1. The third-order valence-corrected chi connectivity index (χ3v) is 3.46. The summed E-state index contributed by atoms with van der Waals surface area (Å²) < 4.78 is 26.0. The molecule has 0 unspecified atom stereocenters. The van der Waals surface area contributed by atoms with Crippen molar-refractivity contribution in [3.63, 3.8) is 0 Å². The number of pyridine rings is 1. The van der Waals surface area contributed by atoms with Gasteiger partial charge in [0.25, 0.3) is 0 Å². The second-order valence-electron chi connectivity index (χ2n) is 7.07. The summed E-state index contributed by atoms with van der Waals surface area (Å²) in [5.74, 6) is -0.000866. The van der Waals surface area contributed by atoms with E-state index < -0.39 is 23.7 Å². The number of nitrogens with one attached hydrogen (secondary N) is 1. The van der Waals surface area contributed by atoms with Crippen molar-refractivity contribution in [2.45, 2.75) is 45.8 Å². The van der Waals surface area contributed by atoms with E-state index in [1.54, 1.807) is 39.1 Å². The van der Waals surface area contributed by atoms with Gasteiger partial charge in [-0.3, -0.25) is 4.98 Å². The molecule has 0 radical (unpaired) electrons. The van der Waals surface area contributed by atoms with Gasteiger partial charge in [0.2, 0.25) is 0 Å². The first-order chi connectivity index (χ1) is 13.7. The maximum Gasteiger partial charge on any atom is 0.408 e. The van der Waals surface area contributed by atoms with Crippen LogP contribution in [0.5, 0.6) is 5.75 Å². The van der Waals surface area contributed by atoms with E-state index in [0.717, 1.165) is 0 Å². The second-order valence-corrected chi connectivity index (χ2v) is 7.07. The summed E-state index contributed by atoms with van der Waals surface area (Å²) in [6.45, 7) is 9.73. The number of carbonyl (C=O) groups is 2. The lowest BCUT2D eigenvalue weighted by Crippen LogP contribution is -2.45. The second kappa shape index (κ2) is 12.9. The average molecular weight is 412 g/mol. The Morgan fingerprint density at radius 3 is 2.38 bits per heavy atom. The Bertz CT molecular complexity index is 614. The molecule has 9 heteroatoms. The topological polar surface area (TPSA) is 105 Å². The number of esters is 1. The van der Waals surface area contributed by atoms with E-state index in [9.17, 15) is 9.59 Å². The number of ether oxygens (including phenoxy) is 5. The Morgan fingerprint density at radius 2 is 1.79 bits per heavy atom. The first-order valence-electron chi connectivity index (χ1n) is 9.55. The van der Waals surface area contributed by atoms with Gasteiger partial charge in [0.15, 0.2) is 0 Å². The van der Waals surface area contributed by atoms with Crippen LogP contribution in [0.4, 0.5) is 4.79 Å². The molecule has 1 amide bonds. The summed E-state index contributed by atoms with van der Waals surface area (Å²) in [5.41, 5.74) is -0.0777. The molecule has 1 N–H and O–H groups in total. The Kier molecular flexibility index (Phi) is 11.0. The van der Waals surface area contributed by atoms with Crippen molar-refractivity contribution >= 4 is 12.1 Å². The van der Waals surface area contributed by atoms with E-state index in [-0.39, 0.29) is 6.42 Å². The van der Waals surface area contributed by atoms with Crippen LogP contribution in [0, 0.1) is 0 Å². The Hall–Kier alpha value is -2.39. The number of amides is 1. The fourth-order valence-corrected chi connectivity index (χ4v) is 2.19. The van der Waals surface area contributed by atoms with Crippen LogP contribution in [0.15, 0.2) is 18.3 Å². The average Bonchev–Trinajstić information content (AvgIpc) is 2.66. The zero-order valence-electron chi connectivity index (χ0n) is 17.9. The molecule has 1 atom stereocenters. The highest BCUT2D eigenvalue weighted by atomic mass is 16.6. The fraction of sp³-hybridized carbons (Fsp3) is 0.650. The molecule has 9 nitrogen and oxygen atoms in total. The first kappa shape index (κ1) is 24.6. The monoisotopic (exact) mass is 412 g/mol. The molecular weight excluding hydrogens is 380 g/mol. The number of carbonyl (C=O) groups excluding carboxylic acids is 2. The third kappa shape index (κ3) is 11.3. The summed E-state index contributed by atoms with van der Waals surface area (Å²) >= 11 is 0. The van der Waals surface area contributed by atoms with Crippen LogP contribution < -0.4 is 10.1 Å². The van der Waals surface area contributed by atoms with Gasteiger partial charge in [-0.25, -0.2) is 9.59 Å². The molecule has 0 saturated carbocycles. The van der Waals surface area contributed by atoms with E-state index in [0.29, 0.717) is 44.5 Å². The number of alkyl carbamates (subject to hydrolysis) is 1. The molecule has 0 aliphatic rings. The lowest BCUT2D eigenvalue weighted by Gasteiger charge is -2.22. The summed E-state index contributed by atoms with van der Waals surface area (Å²) in [6, 6.07) is 2.55. The van der Waals surface area contributed by atoms with E-state index in [4.69, 9.17) is 23.7 Å². The van der Waals surface area contributed by atoms with Crippen molar-refractivity contribution in [3.8, 4) is 5.75 Å². The molecule has 29 heavy (non-hydrogen) atoms. The summed E-state index contributed by atoms with van der Waals surface area (Å²) in [6.07, 6.45) is 1.02. The standard InChI is InChI=1S/C20H32N2O7/c1-6-26-9-10-27-11-12-28-16-8-7-15(21-14-16)13-17(18(23)25-5)22-19(24)29-20(2,3)4/h7-8,14,17H,6,9-13H2,1-5H3,(H,22,24)/t17-/m0/s1. The molecule has 0 aliphatic heterocycles. The highest BCUT2D eigenvalue weighted by molar-refractivity contribution is 5.81. The van der Waals surface area contributed by atoms with Crippen LogP contribution in [0.3, 0.4) is 0 Å². The van der Waals surface area contributed by atoms with Crippen molar-refractivity contribution in [1.29, 1.82) is 0 Å². The molecule has 0 spiro atoms. The minimum atomic E-state index is -0.909. The molecule has 164 valence electrons. The number of nitrogens with zero attached hydrogens (tertiary/aromatic N) is 1. The van der Waals surface area contributed by atoms with Gasteiger partial charge in [0.1, 0.15) is 24.0 Å². The fourth-order valence-electron chi connectivity index (χ4n) is 2.19. The zero-order valence-corrected chi connectivity index (χ0v) is 17.9. The quantitative estimate of drug-likeness (QED) is 0.411. The summed E-state index contributed by atoms with van der Waals surface area (Å²) in [5, 5.41) is 2.52. The molecule has 1 aromatic heterocycles. The van der Waals surface area contributed by atoms with Crippen molar-refractivity contribution < 1.29 is 33.3 Å². The van der Waals surface area contributed by atoms with Crippen molar-refractivity contribution in [2.75, 3.05) is 40.1 Å². The molecule has 0 aromatic carbocycles. The van der Waals surface area contributed by atoms with Crippen LogP contribution in [0.25, 0.3) is 0 Å². The van der Waals surface area contributed by atoms with Crippen molar-refractivity contribution in [1.82, 2.24) is 10.3 Å². The van der Waals surface area contributed by atoms with Gasteiger partial charge in [0.05, 0.1) is 33.1 Å². The molecule has 1 aromatic rings. The van der Waals surface area contributed by atoms with Gasteiger partial charge in [-0.2, -0.15) is 0 Å².